The fourth-order valence-corrected chi connectivity index (χ4v) is 3.60. The highest BCUT2D eigenvalue weighted by atomic mass is 16.6. The maximum atomic E-state index is 11.7. The zero-order valence-corrected chi connectivity index (χ0v) is 17.4. The number of esters is 1. The molecule has 1 saturated heterocycles. The monoisotopic (exact) mass is 386 g/mol. The van der Waals surface area contributed by atoms with Crippen LogP contribution in [0.25, 0.3) is 0 Å². The van der Waals surface area contributed by atoms with Crippen molar-refractivity contribution in [3.8, 4) is 0 Å². The molecule has 0 aromatic rings. The standard InChI is InChI=1S/C22H42O5/c1-2-3-4-5-6-7-8-9-10-11-12-13-14-15-21(25)27-18-20(24)22-19(23)16-17-26-22/h19-20,22-24H,2-18H2,1H3. The number of unbranched alkanes of at least 4 members (excludes halogenated alkanes) is 12. The first-order valence-electron chi connectivity index (χ1n) is 11.3. The largest absolute Gasteiger partial charge is 0.463 e. The van der Waals surface area contributed by atoms with Crippen LogP contribution in [-0.2, 0) is 14.3 Å². The molecule has 1 aliphatic rings. The maximum Gasteiger partial charge on any atom is 0.305 e. The van der Waals surface area contributed by atoms with Crippen LogP contribution in [0.1, 0.15) is 103 Å². The minimum Gasteiger partial charge on any atom is -0.463 e. The van der Waals surface area contributed by atoms with Crippen molar-refractivity contribution in [1.82, 2.24) is 0 Å². The van der Waals surface area contributed by atoms with Gasteiger partial charge in [0.1, 0.15) is 18.8 Å². The molecule has 27 heavy (non-hydrogen) atoms. The van der Waals surface area contributed by atoms with Crippen LogP contribution in [0.3, 0.4) is 0 Å². The quantitative estimate of drug-likeness (QED) is 0.284. The van der Waals surface area contributed by atoms with Gasteiger partial charge >= 0.3 is 5.97 Å². The Kier molecular flexibility index (Phi) is 14.7. The number of aliphatic hydroxyl groups is 2. The summed E-state index contributed by atoms with van der Waals surface area (Å²) in [6.07, 6.45) is 15.3. The van der Waals surface area contributed by atoms with Crippen molar-refractivity contribution in [2.45, 2.75) is 122 Å². The van der Waals surface area contributed by atoms with Crippen molar-refractivity contribution >= 4 is 5.97 Å². The summed E-state index contributed by atoms with van der Waals surface area (Å²) in [6.45, 7) is 2.60. The molecule has 3 atom stereocenters. The zero-order valence-electron chi connectivity index (χ0n) is 17.4. The first-order valence-corrected chi connectivity index (χ1v) is 11.3. The van der Waals surface area contributed by atoms with Crippen LogP contribution >= 0.6 is 0 Å². The highest BCUT2D eigenvalue weighted by Crippen LogP contribution is 2.17. The number of hydrogen-bond donors (Lipinski definition) is 2. The Bertz CT molecular complexity index is 361. The molecule has 0 bridgehead atoms. The van der Waals surface area contributed by atoms with Crippen molar-refractivity contribution in [2.24, 2.45) is 0 Å². The highest BCUT2D eigenvalue weighted by molar-refractivity contribution is 5.69. The minimum atomic E-state index is -0.946. The Morgan fingerprint density at radius 1 is 0.963 bits per heavy atom. The average Bonchev–Trinajstić information content (AvgIpc) is 3.09. The fourth-order valence-electron chi connectivity index (χ4n) is 3.60. The number of carbonyl (C=O) groups excluding carboxylic acids is 1. The van der Waals surface area contributed by atoms with Crippen molar-refractivity contribution < 1.29 is 24.5 Å². The van der Waals surface area contributed by atoms with E-state index in [-0.39, 0.29) is 12.6 Å². The predicted molar refractivity (Wildman–Crippen MR) is 108 cm³/mol. The molecule has 0 amide bonds. The minimum absolute atomic E-state index is 0.0982. The molecule has 0 aromatic heterocycles. The van der Waals surface area contributed by atoms with Crippen molar-refractivity contribution in [2.75, 3.05) is 13.2 Å². The maximum absolute atomic E-state index is 11.7. The van der Waals surface area contributed by atoms with Crippen LogP contribution in [0.15, 0.2) is 0 Å². The fraction of sp³-hybridized carbons (Fsp3) is 0.955. The van der Waals surface area contributed by atoms with Crippen LogP contribution in [0.5, 0.6) is 0 Å². The number of rotatable bonds is 17. The smallest absolute Gasteiger partial charge is 0.305 e. The third-order valence-corrected chi connectivity index (χ3v) is 5.38. The van der Waals surface area contributed by atoms with Gasteiger partial charge in [0, 0.05) is 13.0 Å². The summed E-state index contributed by atoms with van der Waals surface area (Å²) in [4.78, 5) is 11.7. The molecule has 1 aliphatic heterocycles. The summed E-state index contributed by atoms with van der Waals surface area (Å²) < 4.78 is 10.3. The topological polar surface area (TPSA) is 76.0 Å². The molecular weight excluding hydrogens is 344 g/mol. The van der Waals surface area contributed by atoms with Crippen LogP contribution in [0, 0.1) is 0 Å². The zero-order chi connectivity index (χ0) is 19.7. The van der Waals surface area contributed by atoms with E-state index in [0.717, 1.165) is 12.8 Å². The second-order valence-electron chi connectivity index (χ2n) is 7.93. The van der Waals surface area contributed by atoms with E-state index in [1.54, 1.807) is 0 Å². The lowest BCUT2D eigenvalue weighted by Crippen LogP contribution is -2.38. The molecule has 1 fully saturated rings. The Hall–Kier alpha value is -0.650. The third-order valence-electron chi connectivity index (χ3n) is 5.38. The van der Waals surface area contributed by atoms with E-state index < -0.39 is 18.3 Å². The molecule has 160 valence electrons. The van der Waals surface area contributed by atoms with E-state index in [2.05, 4.69) is 6.92 Å². The number of hydrogen-bond acceptors (Lipinski definition) is 5. The molecule has 0 aliphatic carbocycles. The molecule has 2 N–H and O–H groups in total. The Balaban J connectivity index is 1.83. The molecule has 0 radical (unpaired) electrons. The van der Waals surface area contributed by atoms with E-state index in [9.17, 15) is 15.0 Å². The first kappa shape index (κ1) is 24.4. The lowest BCUT2D eigenvalue weighted by atomic mass is 10.0. The molecule has 1 rings (SSSR count). The van der Waals surface area contributed by atoms with Gasteiger partial charge in [0.25, 0.3) is 0 Å². The summed E-state index contributed by atoms with van der Waals surface area (Å²) in [7, 11) is 0. The van der Waals surface area contributed by atoms with Crippen LogP contribution in [0.2, 0.25) is 0 Å². The van der Waals surface area contributed by atoms with Gasteiger partial charge in [-0.05, 0) is 12.8 Å². The summed E-state index contributed by atoms with van der Waals surface area (Å²) in [5.74, 6) is -0.274. The molecule has 0 saturated carbocycles. The molecular formula is C22H42O5. The Morgan fingerprint density at radius 3 is 1.96 bits per heavy atom. The molecule has 5 heteroatoms. The second-order valence-corrected chi connectivity index (χ2v) is 7.93. The Morgan fingerprint density at radius 2 is 1.48 bits per heavy atom. The molecule has 0 spiro atoms. The summed E-state index contributed by atoms with van der Waals surface area (Å²) in [6, 6.07) is 0. The van der Waals surface area contributed by atoms with Crippen molar-refractivity contribution in [3.63, 3.8) is 0 Å². The summed E-state index contributed by atoms with van der Waals surface area (Å²) in [5, 5.41) is 19.5. The second kappa shape index (κ2) is 16.3. The molecule has 0 aromatic carbocycles. The van der Waals surface area contributed by atoms with Gasteiger partial charge in [-0.2, -0.15) is 0 Å². The van der Waals surface area contributed by atoms with Gasteiger partial charge in [-0.25, -0.2) is 0 Å². The van der Waals surface area contributed by atoms with Crippen LogP contribution in [-0.4, -0.2) is 47.7 Å². The lowest BCUT2D eigenvalue weighted by Gasteiger charge is -2.20. The Labute approximate surface area is 165 Å². The van der Waals surface area contributed by atoms with E-state index in [4.69, 9.17) is 9.47 Å². The van der Waals surface area contributed by atoms with E-state index >= 15 is 0 Å². The van der Waals surface area contributed by atoms with Crippen molar-refractivity contribution in [1.29, 1.82) is 0 Å². The molecule has 5 nitrogen and oxygen atoms in total. The van der Waals surface area contributed by atoms with Gasteiger partial charge in [0.2, 0.25) is 0 Å². The van der Waals surface area contributed by atoms with E-state index in [1.807, 2.05) is 0 Å². The van der Waals surface area contributed by atoms with E-state index in [0.29, 0.717) is 19.4 Å². The number of ether oxygens (including phenoxy) is 2. The number of aliphatic hydroxyl groups excluding tert-OH is 2. The summed E-state index contributed by atoms with van der Waals surface area (Å²) in [5.41, 5.74) is 0. The molecule has 1 heterocycles. The highest BCUT2D eigenvalue weighted by Gasteiger charge is 2.33. The lowest BCUT2D eigenvalue weighted by molar-refractivity contribution is -0.151. The first-order chi connectivity index (χ1) is 13.1. The third kappa shape index (κ3) is 12.4. The van der Waals surface area contributed by atoms with Crippen molar-refractivity contribution in [3.05, 3.63) is 0 Å². The van der Waals surface area contributed by atoms with Crippen LogP contribution in [0.4, 0.5) is 0 Å². The SMILES string of the molecule is CCCCCCCCCCCCCCCC(=O)OCC(O)C1OCCC1O. The van der Waals surface area contributed by atoms with Gasteiger partial charge in [0.15, 0.2) is 0 Å². The van der Waals surface area contributed by atoms with Gasteiger partial charge in [-0.3, -0.25) is 4.79 Å². The summed E-state index contributed by atoms with van der Waals surface area (Å²) >= 11 is 0. The average molecular weight is 387 g/mol. The molecule has 3 unspecified atom stereocenters. The van der Waals surface area contributed by atoms with Gasteiger partial charge in [0.05, 0.1) is 6.10 Å². The van der Waals surface area contributed by atoms with Gasteiger partial charge in [-0.1, -0.05) is 84.0 Å². The van der Waals surface area contributed by atoms with Gasteiger partial charge in [-0.15, -0.1) is 0 Å². The normalized spacial score (nSPS) is 20.7. The van der Waals surface area contributed by atoms with Gasteiger partial charge < -0.3 is 19.7 Å². The predicted octanol–water partition coefficient (Wildman–Crippen LogP) is 4.52. The number of carbonyl (C=O) groups is 1. The van der Waals surface area contributed by atoms with Crippen LogP contribution < -0.4 is 0 Å². The van der Waals surface area contributed by atoms with E-state index in [1.165, 1.54) is 70.6 Å².